The summed E-state index contributed by atoms with van der Waals surface area (Å²) in [4.78, 5) is 21.1. The number of ether oxygens (including phenoxy) is 1. The molecular weight excluding hydrogens is 466 g/mol. The number of carbonyl (C=O) groups excluding carboxylic acids is 1. The standard InChI is InChI=1S/C28H33N7O2/c1-2-6-23(29)28(36)33-19-11-13-20(14-12-19)35-27-24(26(30)31-17-32-27)25(34-35)18-9-15-22(16-10-18)37-21-7-4-3-5-8-21/h3-5,7-10,15-17,19-20,23H,2,6,11-14,29H2,1H3,(H,33,36)(H2,30,31,32). The lowest BCUT2D eigenvalue weighted by Crippen LogP contribution is -2.46. The molecule has 1 unspecified atom stereocenters. The highest BCUT2D eigenvalue weighted by Crippen LogP contribution is 2.36. The first-order valence-electron chi connectivity index (χ1n) is 12.9. The first-order valence-corrected chi connectivity index (χ1v) is 12.9. The summed E-state index contributed by atoms with van der Waals surface area (Å²) in [6, 6.07) is 17.3. The van der Waals surface area contributed by atoms with Crippen LogP contribution < -0.4 is 21.5 Å². The Balaban J connectivity index is 1.35. The zero-order valence-electron chi connectivity index (χ0n) is 21.0. The number of benzene rings is 2. The Morgan fingerprint density at radius 3 is 2.46 bits per heavy atom. The zero-order valence-corrected chi connectivity index (χ0v) is 21.0. The van der Waals surface area contributed by atoms with Gasteiger partial charge in [-0.3, -0.25) is 4.79 Å². The molecule has 0 spiro atoms. The summed E-state index contributed by atoms with van der Waals surface area (Å²) < 4.78 is 7.92. The van der Waals surface area contributed by atoms with Crippen LogP contribution in [-0.4, -0.2) is 37.7 Å². The van der Waals surface area contributed by atoms with Crippen LogP contribution in [0.25, 0.3) is 22.3 Å². The Bertz CT molecular complexity index is 1350. The lowest BCUT2D eigenvalue weighted by molar-refractivity contribution is -0.123. The summed E-state index contributed by atoms with van der Waals surface area (Å²) in [6.07, 6.45) is 6.54. The van der Waals surface area contributed by atoms with Gasteiger partial charge in [-0.1, -0.05) is 31.5 Å². The first-order chi connectivity index (χ1) is 18.0. The Hall–Kier alpha value is -3.98. The number of aromatic nitrogens is 4. The lowest BCUT2D eigenvalue weighted by Gasteiger charge is -2.30. The van der Waals surface area contributed by atoms with Crippen LogP contribution in [0.2, 0.25) is 0 Å². The molecule has 1 amide bonds. The molecule has 9 heteroatoms. The number of fused-ring (bicyclic) bond motifs is 1. The third-order valence-corrected chi connectivity index (χ3v) is 6.95. The Morgan fingerprint density at radius 1 is 1.05 bits per heavy atom. The molecule has 4 aromatic rings. The van der Waals surface area contributed by atoms with Crippen molar-refractivity contribution in [3.8, 4) is 22.8 Å². The number of rotatable bonds is 8. The minimum atomic E-state index is -0.440. The number of nitrogens with zero attached hydrogens (tertiary/aromatic N) is 4. The smallest absolute Gasteiger partial charge is 0.237 e. The fourth-order valence-corrected chi connectivity index (χ4v) is 4.97. The highest BCUT2D eigenvalue weighted by atomic mass is 16.5. The minimum Gasteiger partial charge on any atom is -0.457 e. The summed E-state index contributed by atoms with van der Waals surface area (Å²) in [6.45, 7) is 2.03. The average molecular weight is 500 g/mol. The van der Waals surface area contributed by atoms with Crippen LogP contribution in [0, 0.1) is 0 Å². The van der Waals surface area contributed by atoms with E-state index in [0.29, 0.717) is 12.2 Å². The van der Waals surface area contributed by atoms with Crippen molar-refractivity contribution in [1.29, 1.82) is 0 Å². The highest BCUT2D eigenvalue weighted by molar-refractivity contribution is 5.98. The molecule has 1 aliphatic rings. The van der Waals surface area contributed by atoms with Crippen molar-refractivity contribution in [1.82, 2.24) is 25.1 Å². The largest absolute Gasteiger partial charge is 0.457 e. The molecular formula is C28H33N7O2. The second-order valence-corrected chi connectivity index (χ2v) is 9.60. The molecule has 0 radical (unpaired) electrons. The number of anilines is 1. The van der Waals surface area contributed by atoms with E-state index in [9.17, 15) is 4.79 Å². The SMILES string of the molecule is CCCC(N)C(=O)NC1CCC(n2nc(-c3ccc(Oc4ccccc4)cc3)c3c(N)ncnc32)CC1. The molecule has 1 atom stereocenters. The summed E-state index contributed by atoms with van der Waals surface area (Å²) in [5.41, 5.74) is 14.7. The molecule has 5 rings (SSSR count). The van der Waals surface area contributed by atoms with E-state index in [-0.39, 0.29) is 18.0 Å². The van der Waals surface area contributed by atoms with Gasteiger partial charge in [0.25, 0.3) is 0 Å². The van der Waals surface area contributed by atoms with E-state index >= 15 is 0 Å². The normalized spacial score (nSPS) is 18.4. The number of hydrogen-bond donors (Lipinski definition) is 3. The van der Waals surface area contributed by atoms with Gasteiger partial charge in [-0.15, -0.1) is 0 Å². The first kappa shape index (κ1) is 24.7. The van der Waals surface area contributed by atoms with Crippen LogP contribution in [0.3, 0.4) is 0 Å². The van der Waals surface area contributed by atoms with Crippen molar-refractivity contribution >= 4 is 22.8 Å². The van der Waals surface area contributed by atoms with E-state index in [4.69, 9.17) is 21.3 Å². The number of nitrogens with two attached hydrogens (primary N) is 2. The fourth-order valence-electron chi connectivity index (χ4n) is 4.97. The molecule has 5 N–H and O–H groups in total. The monoisotopic (exact) mass is 499 g/mol. The van der Waals surface area contributed by atoms with Gasteiger partial charge in [-0.2, -0.15) is 5.10 Å². The van der Waals surface area contributed by atoms with E-state index in [1.165, 1.54) is 6.33 Å². The molecule has 2 aromatic heterocycles. The van der Waals surface area contributed by atoms with E-state index in [0.717, 1.165) is 65.9 Å². The minimum absolute atomic E-state index is 0.0580. The van der Waals surface area contributed by atoms with Crippen LogP contribution in [-0.2, 0) is 4.79 Å². The Morgan fingerprint density at radius 2 is 1.76 bits per heavy atom. The van der Waals surface area contributed by atoms with E-state index in [2.05, 4.69) is 15.3 Å². The van der Waals surface area contributed by atoms with Gasteiger partial charge in [-0.25, -0.2) is 14.6 Å². The molecule has 2 heterocycles. The highest BCUT2D eigenvalue weighted by Gasteiger charge is 2.28. The van der Waals surface area contributed by atoms with Gasteiger partial charge in [0.1, 0.15) is 29.3 Å². The van der Waals surface area contributed by atoms with Gasteiger partial charge < -0.3 is 21.5 Å². The predicted molar refractivity (Wildman–Crippen MR) is 144 cm³/mol. The molecule has 9 nitrogen and oxygen atoms in total. The van der Waals surface area contributed by atoms with Gasteiger partial charge >= 0.3 is 0 Å². The van der Waals surface area contributed by atoms with Crippen molar-refractivity contribution in [3.63, 3.8) is 0 Å². The molecule has 1 saturated carbocycles. The van der Waals surface area contributed by atoms with Crippen LogP contribution >= 0.6 is 0 Å². The number of carbonyl (C=O) groups is 1. The van der Waals surface area contributed by atoms with Crippen molar-refractivity contribution < 1.29 is 9.53 Å². The van der Waals surface area contributed by atoms with Crippen molar-refractivity contribution in [2.24, 2.45) is 5.73 Å². The van der Waals surface area contributed by atoms with E-state index < -0.39 is 6.04 Å². The third-order valence-electron chi connectivity index (χ3n) is 6.95. The second kappa shape index (κ2) is 11.0. The summed E-state index contributed by atoms with van der Waals surface area (Å²) in [5, 5.41) is 8.86. The summed E-state index contributed by atoms with van der Waals surface area (Å²) in [5.74, 6) is 1.86. The van der Waals surface area contributed by atoms with Gasteiger partial charge in [0, 0.05) is 11.6 Å². The van der Waals surface area contributed by atoms with E-state index in [1.807, 2.05) is 66.2 Å². The lowest BCUT2D eigenvalue weighted by atomic mass is 9.91. The predicted octanol–water partition coefficient (Wildman–Crippen LogP) is 4.60. The zero-order chi connectivity index (χ0) is 25.8. The maximum Gasteiger partial charge on any atom is 0.237 e. The molecule has 0 bridgehead atoms. The van der Waals surface area contributed by atoms with Gasteiger partial charge in [0.05, 0.1) is 17.5 Å². The van der Waals surface area contributed by atoms with Crippen LogP contribution in [0.4, 0.5) is 5.82 Å². The molecule has 1 aliphatic carbocycles. The summed E-state index contributed by atoms with van der Waals surface area (Å²) in [7, 11) is 0. The topological polar surface area (TPSA) is 134 Å². The molecule has 192 valence electrons. The summed E-state index contributed by atoms with van der Waals surface area (Å²) >= 11 is 0. The average Bonchev–Trinajstić information content (AvgIpc) is 3.31. The van der Waals surface area contributed by atoms with Gasteiger partial charge in [0.15, 0.2) is 5.65 Å². The quantitative estimate of drug-likeness (QED) is 0.323. The Labute approximate surface area is 216 Å². The number of nitrogens with one attached hydrogen (secondary N) is 1. The number of hydrogen-bond acceptors (Lipinski definition) is 7. The third kappa shape index (κ3) is 5.41. The molecule has 0 saturated heterocycles. The fraction of sp³-hybridized carbons (Fsp3) is 0.357. The van der Waals surface area contributed by atoms with Gasteiger partial charge in [-0.05, 0) is 68.5 Å². The van der Waals surface area contributed by atoms with Crippen molar-refractivity contribution in [2.75, 3.05) is 5.73 Å². The van der Waals surface area contributed by atoms with Crippen molar-refractivity contribution in [3.05, 3.63) is 60.9 Å². The number of amides is 1. The molecule has 0 aliphatic heterocycles. The van der Waals surface area contributed by atoms with Crippen LogP contribution in [0.5, 0.6) is 11.5 Å². The van der Waals surface area contributed by atoms with Crippen molar-refractivity contribution in [2.45, 2.75) is 63.6 Å². The maximum absolute atomic E-state index is 12.4. The molecule has 1 fully saturated rings. The number of para-hydroxylation sites is 1. The second-order valence-electron chi connectivity index (χ2n) is 9.60. The molecule has 2 aromatic carbocycles. The maximum atomic E-state index is 12.4. The number of nitrogen functional groups attached to an aromatic ring is 1. The van der Waals surface area contributed by atoms with E-state index in [1.54, 1.807) is 0 Å². The molecule has 37 heavy (non-hydrogen) atoms. The van der Waals surface area contributed by atoms with Gasteiger partial charge in [0.2, 0.25) is 5.91 Å². The Kier molecular flexibility index (Phi) is 7.32. The van der Waals surface area contributed by atoms with Crippen LogP contribution in [0.1, 0.15) is 51.5 Å². The van der Waals surface area contributed by atoms with Crippen LogP contribution in [0.15, 0.2) is 60.9 Å².